The lowest BCUT2D eigenvalue weighted by atomic mass is 10.0. The van der Waals surface area contributed by atoms with E-state index in [9.17, 15) is 4.79 Å². The second kappa shape index (κ2) is 6.19. The second-order valence-corrected chi connectivity index (χ2v) is 5.53. The lowest BCUT2D eigenvalue weighted by Crippen LogP contribution is -2.30. The van der Waals surface area contributed by atoms with Gasteiger partial charge in [-0.25, -0.2) is 0 Å². The first-order valence-electron chi connectivity index (χ1n) is 6.96. The van der Waals surface area contributed by atoms with Gasteiger partial charge in [-0.2, -0.15) is 0 Å². The number of carbonyl (C=O) groups excluding carboxylic acids is 1. The van der Waals surface area contributed by atoms with Crippen molar-refractivity contribution in [3.63, 3.8) is 0 Å². The average Bonchev–Trinajstić information content (AvgIpc) is 2.91. The Bertz CT molecular complexity index is 657. The fourth-order valence-electron chi connectivity index (χ4n) is 2.51. The molecule has 0 fully saturated rings. The van der Waals surface area contributed by atoms with E-state index in [1.165, 1.54) is 0 Å². The Morgan fingerprint density at radius 1 is 1.19 bits per heavy atom. The maximum atomic E-state index is 12.0. The maximum Gasteiger partial charge on any atom is 0.224 e. The summed E-state index contributed by atoms with van der Waals surface area (Å²) in [4.78, 5) is 12.0. The molecule has 1 heterocycles. The Balaban J connectivity index is 1.57. The number of hydrogen-bond acceptors (Lipinski definition) is 2. The van der Waals surface area contributed by atoms with Crippen LogP contribution in [0.25, 0.3) is 0 Å². The Morgan fingerprint density at radius 3 is 2.81 bits per heavy atom. The van der Waals surface area contributed by atoms with E-state index in [0.717, 1.165) is 16.9 Å². The number of carbonyl (C=O) groups is 1. The van der Waals surface area contributed by atoms with Gasteiger partial charge in [-0.05, 0) is 17.7 Å². The van der Waals surface area contributed by atoms with Crippen LogP contribution in [0, 0.1) is 0 Å². The first-order valence-corrected chi connectivity index (χ1v) is 7.33. The monoisotopic (exact) mass is 301 g/mol. The molecular weight excluding hydrogens is 286 g/mol. The van der Waals surface area contributed by atoms with E-state index in [0.29, 0.717) is 24.6 Å². The summed E-state index contributed by atoms with van der Waals surface area (Å²) in [5.74, 6) is 1.12. The summed E-state index contributed by atoms with van der Waals surface area (Å²) in [5, 5.41) is 3.59. The predicted octanol–water partition coefficient (Wildman–Crippen LogP) is 3.17. The van der Waals surface area contributed by atoms with E-state index in [1.807, 2.05) is 42.5 Å². The Kier molecular flexibility index (Phi) is 4.11. The van der Waals surface area contributed by atoms with Crippen LogP contribution in [0.4, 0.5) is 0 Å². The number of rotatable bonds is 4. The van der Waals surface area contributed by atoms with E-state index in [-0.39, 0.29) is 11.8 Å². The van der Waals surface area contributed by atoms with E-state index < -0.39 is 0 Å². The zero-order chi connectivity index (χ0) is 14.7. The fourth-order valence-corrected chi connectivity index (χ4v) is 2.72. The molecule has 1 aliphatic heterocycles. The van der Waals surface area contributed by atoms with Crippen LogP contribution in [-0.2, 0) is 11.2 Å². The number of para-hydroxylation sites is 1. The van der Waals surface area contributed by atoms with Gasteiger partial charge in [-0.1, -0.05) is 48.0 Å². The number of hydrogen-bond donors (Lipinski definition) is 1. The van der Waals surface area contributed by atoms with Gasteiger partial charge in [0.15, 0.2) is 0 Å². The topological polar surface area (TPSA) is 38.3 Å². The molecular formula is C17H16ClNO2. The van der Waals surface area contributed by atoms with Gasteiger partial charge in [0.25, 0.3) is 0 Å². The van der Waals surface area contributed by atoms with Gasteiger partial charge in [0, 0.05) is 23.0 Å². The Morgan fingerprint density at radius 2 is 1.95 bits per heavy atom. The first-order chi connectivity index (χ1) is 10.2. The molecule has 0 aromatic heterocycles. The normalized spacial score (nSPS) is 16.1. The highest BCUT2D eigenvalue weighted by Crippen LogP contribution is 2.32. The standard InChI is InChI=1S/C17H16ClNO2/c18-15-7-3-1-5-12(15)9-17(20)19-10-13-11-21-16-8-4-2-6-14(13)16/h1-8,13H,9-11H2,(H,19,20). The van der Waals surface area contributed by atoms with Crippen LogP contribution in [0.15, 0.2) is 48.5 Å². The van der Waals surface area contributed by atoms with Crippen molar-refractivity contribution in [2.45, 2.75) is 12.3 Å². The van der Waals surface area contributed by atoms with Crippen molar-refractivity contribution < 1.29 is 9.53 Å². The molecule has 0 spiro atoms. The second-order valence-electron chi connectivity index (χ2n) is 5.12. The van der Waals surface area contributed by atoms with Crippen LogP contribution in [0.1, 0.15) is 17.0 Å². The molecule has 1 atom stereocenters. The van der Waals surface area contributed by atoms with E-state index in [4.69, 9.17) is 16.3 Å². The fraction of sp³-hybridized carbons (Fsp3) is 0.235. The Labute approximate surface area is 128 Å². The molecule has 0 saturated heterocycles. The van der Waals surface area contributed by atoms with Gasteiger partial charge < -0.3 is 10.1 Å². The molecule has 108 valence electrons. The van der Waals surface area contributed by atoms with Gasteiger partial charge >= 0.3 is 0 Å². The van der Waals surface area contributed by atoms with Crippen molar-refractivity contribution >= 4 is 17.5 Å². The zero-order valence-corrected chi connectivity index (χ0v) is 12.3. The summed E-state index contributed by atoms with van der Waals surface area (Å²) >= 11 is 6.06. The van der Waals surface area contributed by atoms with Gasteiger partial charge in [0.1, 0.15) is 5.75 Å². The van der Waals surface area contributed by atoms with Crippen LogP contribution < -0.4 is 10.1 Å². The van der Waals surface area contributed by atoms with Crippen molar-refractivity contribution in [3.8, 4) is 5.75 Å². The number of halogens is 1. The minimum absolute atomic E-state index is 0.0209. The van der Waals surface area contributed by atoms with Crippen molar-refractivity contribution in [3.05, 3.63) is 64.7 Å². The number of fused-ring (bicyclic) bond motifs is 1. The molecule has 1 amide bonds. The quantitative estimate of drug-likeness (QED) is 0.942. The molecule has 3 rings (SSSR count). The minimum atomic E-state index is -0.0209. The number of ether oxygens (including phenoxy) is 1. The van der Waals surface area contributed by atoms with Crippen LogP contribution in [0.2, 0.25) is 5.02 Å². The summed E-state index contributed by atoms with van der Waals surface area (Å²) in [6, 6.07) is 15.4. The number of nitrogens with one attached hydrogen (secondary N) is 1. The van der Waals surface area contributed by atoms with Crippen molar-refractivity contribution in [1.29, 1.82) is 0 Å². The van der Waals surface area contributed by atoms with Gasteiger partial charge in [-0.3, -0.25) is 4.79 Å². The van der Waals surface area contributed by atoms with Gasteiger partial charge in [0.05, 0.1) is 13.0 Å². The summed E-state index contributed by atoms with van der Waals surface area (Å²) in [6.45, 7) is 1.20. The lowest BCUT2D eigenvalue weighted by Gasteiger charge is -2.11. The largest absolute Gasteiger partial charge is 0.493 e. The highest BCUT2D eigenvalue weighted by molar-refractivity contribution is 6.31. The molecule has 0 aliphatic carbocycles. The summed E-state index contributed by atoms with van der Waals surface area (Å²) in [6.07, 6.45) is 0.300. The van der Waals surface area contributed by atoms with E-state index in [1.54, 1.807) is 6.07 Å². The molecule has 2 aromatic rings. The SMILES string of the molecule is O=C(Cc1ccccc1Cl)NCC1COc2ccccc21. The van der Waals surface area contributed by atoms with Crippen LogP contribution in [-0.4, -0.2) is 19.1 Å². The molecule has 0 bridgehead atoms. The molecule has 2 aromatic carbocycles. The van der Waals surface area contributed by atoms with Crippen molar-refractivity contribution in [1.82, 2.24) is 5.32 Å². The van der Waals surface area contributed by atoms with Crippen LogP contribution >= 0.6 is 11.6 Å². The molecule has 0 saturated carbocycles. The third kappa shape index (κ3) is 3.19. The molecule has 3 nitrogen and oxygen atoms in total. The summed E-state index contributed by atoms with van der Waals surface area (Å²) < 4.78 is 5.61. The average molecular weight is 302 g/mol. The highest BCUT2D eigenvalue weighted by Gasteiger charge is 2.23. The summed E-state index contributed by atoms with van der Waals surface area (Å²) in [7, 11) is 0. The lowest BCUT2D eigenvalue weighted by molar-refractivity contribution is -0.120. The number of amides is 1. The molecule has 1 N–H and O–H groups in total. The van der Waals surface area contributed by atoms with Crippen LogP contribution in [0.3, 0.4) is 0 Å². The zero-order valence-electron chi connectivity index (χ0n) is 11.5. The van der Waals surface area contributed by atoms with E-state index >= 15 is 0 Å². The predicted molar refractivity (Wildman–Crippen MR) is 82.8 cm³/mol. The summed E-state index contributed by atoms with van der Waals surface area (Å²) in [5.41, 5.74) is 2.01. The minimum Gasteiger partial charge on any atom is -0.493 e. The molecule has 21 heavy (non-hydrogen) atoms. The molecule has 0 radical (unpaired) electrons. The Hall–Kier alpha value is -2.00. The number of benzene rings is 2. The smallest absolute Gasteiger partial charge is 0.224 e. The van der Waals surface area contributed by atoms with Crippen molar-refractivity contribution in [2.24, 2.45) is 0 Å². The van der Waals surface area contributed by atoms with Crippen LogP contribution in [0.5, 0.6) is 5.75 Å². The molecule has 4 heteroatoms. The molecule has 1 unspecified atom stereocenters. The molecule has 1 aliphatic rings. The van der Waals surface area contributed by atoms with Gasteiger partial charge in [-0.15, -0.1) is 0 Å². The van der Waals surface area contributed by atoms with E-state index in [2.05, 4.69) is 5.32 Å². The third-order valence-electron chi connectivity index (χ3n) is 3.65. The van der Waals surface area contributed by atoms with Gasteiger partial charge in [0.2, 0.25) is 5.91 Å². The third-order valence-corrected chi connectivity index (χ3v) is 4.02. The maximum absolute atomic E-state index is 12.0. The first kappa shape index (κ1) is 14.0. The highest BCUT2D eigenvalue weighted by atomic mass is 35.5. The van der Waals surface area contributed by atoms with Crippen molar-refractivity contribution in [2.75, 3.05) is 13.2 Å².